The molecule has 1 aromatic carbocycles. The Labute approximate surface area is 137 Å². The van der Waals surface area contributed by atoms with Crippen LogP contribution in [0.4, 0.5) is 0 Å². The summed E-state index contributed by atoms with van der Waals surface area (Å²) >= 11 is 0. The number of hydrogen-bond acceptors (Lipinski definition) is 5. The molecule has 0 aliphatic carbocycles. The van der Waals surface area contributed by atoms with Crippen LogP contribution in [0.25, 0.3) is 0 Å². The Kier molecular flexibility index (Phi) is 6.83. The van der Waals surface area contributed by atoms with E-state index in [1.165, 1.54) is 12.8 Å². The van der Waals surface area contributed by atoms with Gasteiger partial charge in [0, 0.05) is 19.6 Å². The van der Waals surface area contributed by atoms with Gasteiger partial charge in [0.1, 0.15) is 12.4 Å². The summed E-state index contributed by atoms with van der Waals surface area (Å²) in [5.41, 5.74) is 6.90. The van der Waals surface area contributed by atoms with Crippen molar-refractivity contribution in [3.05, 3.63) is 29.3 Å². The van der Waals surface area contributed by atoms with Gasteiger partial charge < -0.3 is 25.8 Å². The van der Waals surface area contributed by atoms with E-state index >= 15 is 0 Å². The van der Waals surface area contributed by atoms with Crippen molar-refractivity contribution in [2.45, 2.75) is 25.9 Å². The van der Waals surface area contributed by atoms with Crippen molar-refractivity contribution in [3.8, 4) is 5.75 Å². The molecule has 2 rings (SSSR count). The number of likely N-dealkylation sites (tertiary alicyclic amines) is 1. The molecule has 1 aromatic rings. The molecule has 4 N–H and O–H groups in total. The summed E-state index contributed by atoms with van der Waals surface area (Å²) in [7, 11) is 0. The molecule has 128 valence electrons. The lowest BCUT2D eigenvalue weighted by atomic mass is 10.1. The number of nitrogens with zero attached hydrogens (tertiary/aromatic N) is 1. The van der Waals surface area contributed by atoms with Crippen LogP contribution in [0.2, 0.25) is 0 Å². The van der Waals surface area contributed by atoms with E-state index in [4.69, 9.17) is 10.5 Å². The number of nitrogens with one attached hydrogen (secondary N) is 1. The van der Waals surface area contributed by atoms with Gasteiger partial charge in [0.15, 0.2) is 0 Å². The fraction of sp³-hybridized carbons (Fsp3) is 0.588. The molecule has 6 nitrogen and oxygen atoms in total. The van der Waals surface area contributed by atoms with E-state index in [1.54, 1.807) is 12.1 Å². The first-order valence-corrected chi connectivity index (χ1v) is 8.22. The van der Waals surface area contributed by atoms with Crippen LogP contribution in [0.3, 0.4) is 0 Å². The van der Waals surface area contributed by atoms with Gasteiger partial charge >= 0.3 is 0 Å². The number of benzene rings is 1. The van der Waals surface area contributed by atoms with Crippen LogP contribution in [0, 0.1) is 6.92 Å². The molecule has 1 aliphatic heterocycles. The first-order valence-electron chi connectivity index (χ1n) is 8.22. The quantitative estimate of drug-likeness (QED) is 0.650. The second-order valence-electron chi connectivity index (χ2n) is 6.01. The molecular weight excluding hydrogens is 294 g/mol. The number of aryl methyl sites for hydroxylation is 1. The highest BCUT2D eigenvalue weighted by Gasteiger charge is 2.18. The third-order valence-electron chi connectivity index (χ3n) is 3.92. The summed E-state index contributed by atoms with van der Waals surface area (Å²) in [5, 5.41) is 12.9. The highest BCUT2D eigenvalue weighted by molar-refractivity contribution is 5.97. The monoisotopic (exact) mass is 321 g/mol. The van der Waals surface area contributed by atoms with E-state index < -0.39 is 6.10 Å². The number of ether oxygens (including phenoxy) is 1. The van der Waals surface area contributed by atoms with Crippen LogP contribution >= 0.6 is 0 Å². The van der Waals surface area contributed by atoms with Gasteiger partial charge in [-0.1, -0.05) is 11.6 Å². The number of β-amino-alcohol motifs (C(OH)–C–C–N with tert-alkyl or cyclic N) is 1. The lowest BCUT2D eigenvalue weighted by Crippen LogP contribution is -2.39. The maximum absolute atomic E-state index is 12.4. The zero-order valence-electron chi connectivity index (χ0n) is 13.8. The van der Waals surface area contributed by atoms with Crippen molar-refractivity contribution in [2.75, 3.05) is 39.3 Å². The summed E-state index contributed by atoms with van der Waals surface area (Å²) in [6.45, 7) is 5.57. The van der Waals surface area contributed by atoms with Gasteiger partial charge in [-0.3, -0.25) is 4.79 Å². The van der Waals surface area contributed by atoms with Crippen LogP contribution < -0.4 is 15.8 Å². The SMILES string of the molecule is Cc1ccc(OCCN)c(C(=O)NCC(O)CN2CCCC2)c1. The molecule has 6 heteroatoms. The van der Waals surface area contributed by atoms with Crippen molar-refractivity contribution in [1.82, 2.24) is 10.2 Å². The molecule has 1 aliphatic rings. The van der Waals surface area contributed by atoms with E-state index in [0.717, 1.165) is 18.7 Å². The Balaban J connectivity index is 1.89. The van der Waals surface area contributed by atoms with E-state index in [2.05, 4.69) is 10.2 Å². The highest BCUT2D eigenvalue weighted by Crippen LogP contribution is 2.20. The number of aliphatic hydroxyl groups excluding tert-OH is 1. The van der Waals surface area contributed by atoms with Gasteiger partial charge in [0.2, 0.25) is 0 Å². The maximum atomic E-state index is 12.4. The van der Waals surface area contributed by atoms with Crippen LogP contribution in [-0.2, 0) is 0 Å². The molecule has 0 bridgehead atoms. The van der Waals surface area contributed by atoms with Crippen LogP contribution in [0.5, 0.6) is 5.75 Å². The van der Waals surface area contributed by atoms with Crippen LogP contribution in [0.15, 0.2) is 18.2 Å². The number of aliphatic hydroxyl groups is 1. The fourth-order valence-corrected chi connectivity index (χ4v) is 2.75. The molecule has 1 atom stereocenters. The summed E-state index contributed by atoms with van der Waals surface area (Å²) < 4.78 is 5.52. The maximum Gasteiger partial charge on any atom is 0.255 e. The largest absolute Gasteiger partial charge is 0.491 e. The average Bonchev–Trinajstić information content (AvgIpc) is 3.04. The van der Waals surface area contributed by atoms with Crippen molar-refractivity contribution in [3.63, 3.8) is 0 Å². The second kappa shape index (κ2) is 8.86. The van der Waals surface area contributed by atoms with E-state index in [0.29, 0.717) is 31.0 Å². The minimum Gasteiger partial charge on any atom is -0.491 e. The lowest BCUT2D eigenvalue weighted by Gasteiger charge is -2.20. The van der Waals surface area contributed by atoms with Crippen LogP contribution in [0.1, 0.15) is 28.8 Å². The van der Waals surface area contributed by atoms with Gasteiger partial charge in [-0.15, -0.1) is 0 Å². The van der Waals surface area contributed by atoms with Gasteiger partial charge in [0.05, 0.1) is 11.7 Å². The Morgan fingerprint density at radius 3 is 2.87 bits per heavy atom. The summed E-state index contributed by atoms with van der Waals surface area (Å²) in [5.74, 6) is 0.286. The molecule has 1 heterocycles. The minimum atomic E-state index is -0.560. The van der Waals surface area contributed by atoms with E-state index in [9.17, 15) is 9.90 Å². The number of nitrogens with two attached hydrogens (primary N) is 1. The molecule has 0 radical (unpaired) electrons. The summed E-state index contributed by atoms with van der Waals surface area (Å²) in [6, 6.07) is 5.46. The minimum absolute atomic E-state index is 0.235. The van der Waals surface area contributed by atoms with E-state index in [-0.39, 0.29) is 12.5 Å². The number of amides is 1. The molecule has 0 aromatic heterocycles. The molecule has 1 unspecified atom stereocenters. The lowest BCUT2D eigenvalue weighted by molar-refractivity contribution is 0.0876. The number of rotatable bonds is 8. The standard InChI is InChI=1S/C17H27N3O3/c1-13-4-5-16(23-9-6-18)15(10-13)17(22)19-11-14(21)12-20-7-2-3-8-20/h4-5,10,14,21H,2-3,6-9,11-12,18H2,1H3,(H,19,22). The Hall–Kier alpha value is -1.63. The Morgan fingerprint density at radius 2 is 2.17 bits per heavy atom. The first-order chi connectivity index (χ1) is 11.1. The van der Waals surface area contributed by atoms with Gasteiger partial charge in [-0.05, 0) is 45.0 Å². The molecule has 1 saturated heterocycles. The number of carbonyl (C=O) groups excluding carboxylic acids is 1. The molecule has 1 amide bonds. The zero-order valence-corrected chi connectivity index (χ0v) is 13.8. The number of hydrogen-bond donors (Lipinski definition) is 3. The normalized spacial score (nSPS) is 16.3. The predicted molar refractivity (Wildman–Crippen MR) is 89.7 cm³/mol. The summed E-state index contributed by atoms with van der Waals surface area (Å²) in [4.78, 5) is 14.6. The molecule has 0 saturated carbocycles. The smallest absolute Gasteiger partial charge is 0.255 e. The third kappa shape index (κ3) is 5.49. The Bertz CT molecular complexity index is 516. The predicted octanol–water partition coefficient (Wildman–Crippen LogP) is 0.519. The van der Waals surface area contributed by atoms with Crippen molar-refractivity contribution in [1.29, 1.82) is 0 Å². The molecular formula is C17H27N3O3. The van der Waals surface area contributed by atoms with Crippen molar-refractivity contribution < 1.29 is 14.6 Å². The van der Waals surface area contributed by atoms with Gasteiger partial charge in [-0.25, -0.2) is 0 Å². The first kappa shape index (κ1) is 17.7. The topological polar surface area (TPSA) is 87.8 Å². The summed E-state index contributed by atoms with van der Waals surface area (Å²) in [6.07, 6.45) is 1.81. The Morgan fingerprint density at radius 1 is 1.43 bits per heavy atom. The molecule has 0 spiro atoms. The zero-order chi connectivity index (χ0) is 16.7. The molecule has 1 fully saturated rings. The number of carbonyl (C=O) groups is 1. The highest BCUT2D eigenvalue weighted by atomic mass is 16.5. The van der Waals surface area contributed by atoms with Gasteiger partial charge in [0.25, 0.3) is 5.91 Å². The van der Waals surface area contributed by atoms with Crippen molar-refractivity contribution in [2.24, 2.45) is 5.73 Å². The molecule has 23 heavy (non-hydrogen) atoms. The van der Waals surface area contributed by atoms with Gasteiger partial charge in [-0.2, -0.15) is 0 Å². The van der Waals surface area contributed by atoms with Crippen LogP contribution in [-0.4, -0.2) is 61.3 Å². The van der Waals surface area contributed by atoms with Crippen molar-refractivity contribution >= 4 is 5.91 Å². The fourth-order valence-electron chi connectivity index (χ4n) is 2.75. The average molecular weight is 321 g/mol. The van der Waals surface area contributed by atoms with E-state index in [1.807, 2.05) is 13.0 Å². The third-order valence-corrected chi connectivity index (χ3v) is 3.92. The second-order valence-corrected chi connectivity index (χ2v) is 6.01.